The van der Waals surface area contributed by atoms with Gasteiger partial charge in [-0.25, -0.2) is 0 Å². The molecule has 0 aliphatic rings. The van der Waals surface area contributed by atoms with Crippen molar-refractivity contribution in [3.63, 3.8) is 0 Å². The van der Waals surface area contributed by atoms with E-state index in [0.717, 1.165) is 29.5 Å². The molecule has 1 amide bonds. The Bertz CT molecular complexity index is 960. The molecule has 5 heteroatoms. The van der Waals surface area contributed by atoms with Crippen LogP contribution in [0.2, 0.25) is 0 Å². The predicted octanol–water partition coefficient (Wildman–Crippen LogP) is 6.50. The molecule has 0 saturated carbocycles. The van der Waals surface area contributed by atoms with Gasteiger partial charge in [0, 0.05) is 16.2 Å². The molecule has 0 heterocycles. The van der Waals surface area contributed by atoms with E-state index in [9.17, 15) is 4.79 Å². The van der Waals surface area contributed by atoms with E-state index >= 15 is 0 Å². The quantitative estimate of drug-likeness (QED) is 0.346. The second-order valence-electron chi connectivity index (χ2n) is 6.91. The molecule has 4 nitrogen and oxygen atoms in total. The molecule has 0 aliphatic heterocycles. The highest BCUT2D eigenvalue weighted by Crippen LogP contribution is 2.25. The highest BCUT2D eigenvalue weighted by molar-refractivity contribution is 9.10. The minimum atomic E-state index is -0.219. The Morgan fingerprint density at radius 1 is 0.933 bits per heavy atom. The topological polar surface area (TPSA) is 47.6 Å². The van der Waals surface area contributed by atoms with Gasteiger partial charge in [0.15, 0.2) is 0 Å². The van der Waals surface area contributed by atoms with Crippen molar-refractivity contribution in [2.24, 2.45) is 0 Å². The van der Waals surface area contributed by atoms with Gasteiger partial charge in [-0.1, -0.05) is 59.3 Å². The van der Waals surface area contributed by atoms with Gasteiger partial charge < -0.3 is 14.8 Å². The number of aryl methyl sites for hydroxylation is 1. The summed E-state index contributed by atoms with van der Waals surface area (Å²) >= 11 is 3.43. The third kappa shape index (κ3) is 6.63. The molecule has 156 valence electrons. The van der Waals surface area contributed by atoms with Crippen molar-refractivity contribution in [2.75, 3.05) is 18.5 Å². The van der Waals surface area contributed by atoms with Crippen LogP contribution in [0.1, 0.15) is 35.7 Å². The van der Waals surface area contributed by atoms with Crippen LogP contribution in [-0.4, -0.2) is 19.1 Å². The molecule has 0 aliphatic carbocycles. The number of anilines is 1. The van der Waals surface area contributed by atoms with Gasteiger partial charge in [0.2, 0.25) is 0 Å². The second-order valence-corrected chi connectivity index (χ2v) is 7.82. The molecule has 0 bridgehead atoms. The average Bonchev–Trinajstić information content (AvgIpc) is 2.77. The average molecular weight is 468 g/mol. The first-order valence-electron chi connectivity index (χ1n) is 10.2. The van der Waals surface area contributed by atoms with E-state index in [2.05, 4.69) is 33.4 Å². The van der Waals surface area contributed by atoms with Gasteiger partial charge in [-0.2, -0.15) is 0 Å². The van der Waals surface area contributed by atoms with Crippen molar-refractivity contribution < 1.29 is 14.3 Å². The zero-order valence-corrected chi connectivity index (χ0v) is 18.7. The summed E-state index contributed by atoms with van der Waals surface area (Å²) in [5.41, 5.74) is 2.48. The normalized spacial score (nSPS) is 10.5. The SMILES string of the molecule is CCCOc1ccc(Br)cc1C(=O)Nc1cccc(OCCCc2ccccc2)c1. The molecule has 0 atom stereocenters. The van der Waals surface area contributed by atoms with Crippen LogP contribution in [0.5, 0.6) is 11.5 Å². The summed E-state index contributed by atoms with van der Waals surface area (Å²) < 4.78 is 12.4. The summed E-state index contributed by atoms with van der Waals surface area (Å²) in [5.74, 6) is 1.09. The second kappa shape index (κ2) is 11.4. The van der Waals surface area contributed by atoms with Gasteiger partial charge in [0.05, 0.1) is 18.8 Å². The number of rotatable bonds is 10. The van der Waals surface area contributed by atoms with E-state index in [1.807, 2.05) is 55.5 Å². The molecule has 0 radical (unpaired) electrons. The van der Waals surface area contributed by atoms with Crippen molar-refractivity contribution in [1.29, 1.82) is 0 Å². The molecule has 0 spiro atoms. The predicted molar refractivity (Wildman–Crippen MR) is 125 cm³/mol. The van der Waals surface area contributed by atoms with Crippen molar-refractivity contribution in [2.45, 2.75) is 26.2 Å². The number of benzene rings is 3. The standard InChI is InChI=1S/C25H26BrNO3/c1-2-15-30-24-14-13-20(26)17-23(24)25(28)27-21-11-6-12-22(18-21)29-16-7-10-19-8-4-3-5-9-19/h3-6,8-9,11-14,17-18H,2,7,10,15-16H2,1H3,(H,27,28). The Morgan fingerprint density at radius 3 is 2.57 bits per heavy atom. The molecular formula is C25H26BrNO3. The third-order valence-corrected chi connectivity index (χ3v) is 4.95. The maximum Gasteiger partial charge on any atom is 0.259 e. The lowest BCUT2D eigenvalue weighted by Crippen LogP contribution is -2.14. The molecule has 3 aromatic rings. The van der Waals surface area contributed by atoms with E-state index in [1.165, 1.54) is 5.56 Å². The fourth-order valence-corrected chi connectivity index (χ4v) is 3.35. The minimum Gasteiger partial charge on any atom is -0.494 e. The Hall–Kier alpha value is -2.79. The van der Waals surface area contributed by atoms with Crippen molar-refractivity contribution in [3.05, 3.63) is 88.4 Å². The van der Waals surface area contributed by atoms with Crippen LogP contribution in [0.3, 0.4) is 0 Å². The zero-order valence-electron chi connectivity index (χ0n) is 17.1. The molecule has 0 aromatic heterocycles. The number of amides is 1. The number of halogens is 1. The molecular weight excluding hydrogens is 442 g/mol. The number of carbonyl (C=O) groups excluding carboxylic acids is 1. The van der Waals surface area contributed by atoms with E-state index in [-0.39, 0.29) is 5.91 Å². The van der Waals surface area contributed by atoms with E-state index in [4.69, 9.17) is 9.47 Å². The van der Waals surface area contributed by atoms with Crippen LogP contribution < -0.4 is 14.8 Å². The lowest BCUT2D eigenvalue weighted by Gasteiger charge is -2.13. The summed E-state index contributed by atoms with van der Waals surface area (Å²) in [6.45, 7) is 3.21. The van der Waals surface area contributed by atoms with Crippen LogP contribution >= 0.6 is 15.9 Å². The lowest BCUT2D eigenvalue weighted by atomic mass is 10.1. The summed E-state index contributed by atoms with van der Waals surface area (Å²) in [6, 6.07) is 23.3. The highest BCUT2D eigenvalue weighted by Gasteiger charge is 2.14. The zero-order chi connectivity index (χ0) is 21.2. The summed E-state index contributed by atoms with van der Waals surface area (Å²) in [6.07, 6.45) is 2.78. The fraction of sp³-hybridized carbons (Fsp3) is 0.240. The van der Waals surface area contributed by atoms with E-state index in [1.54, 1.807) is 12.1 Å². The number of nitrogens with one attached hydrogen (secondary N) is 1. The molecule has 3 rings (SSSR count). The molecule has 3 aromatic carbocycles. The van der Waals surface area contributed by atoms with Crippen LogP contribution in [0.4, 0.5) is 5.69 Å². The Morgan fingerprint density at radius 2 is 1.77 bits per heavy atom. The van der Waals surface area contributed by atoms with Gasteiger partial charge in [-0.3, -0.25) is 4.79 Å². The Kier molecular flexibility index (Phi) is 8.33. The smallest absolute Gasteiger partial charge is 0.259 e. The van der Waals surface area contributed by atoms with Gasteiger partial charge in [0.25, 0.3) is 5.91 Å². The molecule has 30 heavy (non-hydrogen) atoms. The molecule has 1 N–H and O–H groups in total. The summed E-state index contributed by atoms with van der Waals surface area (Å²) in [7, 11) is 0. The number of carbonyl (C=O) groups is 1. The van der Waals surface area contributed by atoms with Crippen LogP contribution in [0.15, 0.2) is 77.3 Å². The summed E-state index contributed by atoms with van der Waals surface area (Å²) in [4.78, 5) is 12.8. The first-order chi connectivity index (χ1) is 14.7. The van der Waals surface area contributed by atoms with Crippen LogP contribution in [-0.2, 0) is 6.42 Å². The minimum absolute atomic E-state index is 0.219. The van der Waals surface area contributed by atoms with Crippen molar-refractivity contribution in [1.82, 2.24) is 0 Å². The summed E-state index contributed by atoms with van der Waals surface area (Å²) in [5, 5.41) is 2.94. The molecule has 0 unspecified atom stereocenters. The van der Waals surface area contributed by atoms with Crippen molar-refractivity contribution in [3.8, 4) is 11.5 Å². The van der Waals surface area contributed by atoms with Crippen molar-refractivity contribution >= 4 is 27.5 Å². The molecule has 0 fully saturated rings. The van der Waals surface area contributed by atoms with Crippen LogP contribution in [0, 0.1) is 0 Å². The first-order valence-corrected chi connectivity index (χ1v) is 11.0. The largest absolute Gasteiger partial charge is 0.494 e. The monoisotopic (exact) mass is 467 g/mol. The Balaban J connectivity index is 1.58. The number of hydrogen-bond acceptors (Lipinski definition) is 3. The van der Waals surface area contributed by atoms with E-state index in [0.29, 0.717) is 30.2 Å². The van der Waals surface area contributed by atoms with Gasteiger partial charge in [0.1, 0.15) is 11.5 Å². The highest BCUT2D eigenvalue weighted by atomic mass is 79.9. The first kappa shape index (κ1) is 21.9. The number of hydrogen-bond donors (Lipinski definition) is 1. The van der Waals surface area contributed by atoms with Gasteiger partial charge >= 0.3 is 0 Å². The fourth-order valence-electron chi connectivity index (χ4n) is 2.99. The number of ether oxygens (including phenoxy) is 2. The third-order valence-electron chi connectivity index (χ3n) is 4.46. The maximum absolute atomic E-state index is 12.8. The van der Waals surface area contributed by atoms with Gasteiger partial charge in [-0.05, 0) is 55.2 Å². The lowest BCUT2D eigenvalue weighted by molar-refractivity contribution is 0.102. The van der Waals surface area contributed by atoms with Crippen LogP contribution in [0.25, 0.3) is 0 Å². The maximum atomic E-state index is 12.8. The van der Waals surface area contributed by atoms with E-state index < -0.39 is 0 Å². The van der Waals surface area contributed by atoms with Gasteiger partial charge in [-0.15, -0.1) is 0 Å². The molecule has 0 saturated heterocycles. The Labute approximate surface area is 186 Å².